The van der Waals surface area contributed by atoms with Crippen molar-refractivity contribution < 1.29 is 0 Å². The number of hydrogen-bond acceptors (Lipinski definition) is 4. The minimum Gasteiger partial charge on any atom is -0.307 e. The Morgan fingerprint density at radius 3 is 2.95 bits per heavy atom. The maximum absolute atomic E-state index is 4.49. The Kier molecular flexibility index (Phi) is 4.10. The van der Waals surface area contributed by atoms with E-state index in [1.54, 1.807) is 11.3 Å². The summed E-state index contributed by atoms with van der Waals surface area (Å²) in [4.78, 5) is 8.94. The molecule has 0 amide bonds. The molecule has 1 N–H and O–H groups in total. The average molecular weight is 348 g/mol. The molecule has 2 aromatic heterocycles. The summed E-state index contributed by atoms with van der Waals surface area (Å²) in [5.74, 6) is 0. The van der Waals surface area contributed by atoms with Gasteiger partial charge in [-0.25, -0.2) is 4.98 Å². The molecule has 5 heteroatoms. The van der Waals surface area contributed by atoms with Gasteiger partial charge in [0.1, 0.15) is 0 Å². The number of rotatable bonds is 4. The van der Waals surface area contributed by atoms with Crippen LogP contribution < -0.4 is 5.32 Å². The lowest BCUT2D eigenvalue weighted by Crippen LogP contribution is -2.13. The van der Waals surface area contributed by atoms with Gasteiger partial charge in [-0.1, -0.05) is 28.1 Å². The molecule has 0 fully saturated rings. The zero-order chi connectivity index (χ0) is 13.9. The first-order valence-corrected chi connectivity index (χ1v) is 8.05. The van der Waals surface area contributed by atoms with E-state index in [4.69, 9.17) is 0 Å². The molecule has 3 aromatic rings. The average Bonchev–Trinajstić information content (AvgIpc) is 2.87. The van der Waals surface area contributed by atoms with Crippen molar-refractivity contribution in [2.75, 3.05) is 0 Å². The molecule has 0 saturated carbocycles. The third kappa shape index (κ3) is 2.90. The summed E-state index contributed by atoms with van der Waals surface area (Å²) in [7, 11) is 0. The fourth-order valence-corrected chi connectivity index (χ4v) is 3.22. The van der Waals surface area contributed by atoms with E-state index in [2.05, 4.69) is 54.8 Å². The molecule has 0 radical (unpaired) electrons. The molecule has 1 aromatic carbocycles. The first-order valence-electron chi connectivity index (χ1n) is 6.38. The van der Waals surface area contributed by atoms with E-state index in [1.165, 1.54) is 5.56 Å². The monoisotopic (exact) mass is 347 g/mol. The highest BCUT2D eigenvalue weighted by Crippen LogP contribution is 2.25. The molecule has 0 aliphatic rings. The number of nitrogens with one attached hydrogen (secondary N) is 1. The zero-order valence-electron chi connectivity index (χ0n) is 11.1. The number of thiazole rings is 1. The molecule has 102 valence electrons. The minimum absolute atomic E-state index is 0.786. The molecule has 0 aliphatic heterocycles. The molecule has 0 spiro atoms. The van der Waals surface area contributed by atoms with E-state index in [1.807, 2.05) is 19.2 Å². The fourth-order valence-electron chi connectivity index (χ4n) is 2.15. The van der Waals surface area contributed by atoms with Gasteiger partial charge in [-0.2, -0.15) is 0 Å². The summed E-state index contributed by atoms with van der Waals surface area (Å²) >= 11 is 5.26. The van der Waals surface area contributed by atoms with Crippen LogP contribution in [0.5, 0.6) is 0 Å². The highest BCUT2D eigenvalue weighted by atomic mass is 79.9. The minimum atomic E-state index is 0.786. The molecule has 0 aliphatic carbocycles. The van der Waals surface area contributed by atoms with Crippen LogP contribution in [0.4, 0.5) is 0 Å². The Labute approximate surface area is 130 Å². The van der Waals surface area contributed by atoms with Crippen LogP contribution in [-0.2, 0) is 13.1 Å². The predicted octanol–water partition coefficient (Wildman–Crippen LogP) is 4.05. The highest BCUT2D eigenvalue weighted by molar-refractivity contribution is 9.10. The number of aromatic nitrogens is 2. The van der Waals surface area contributed by atoms with Crippen LogP contribution in [0.25, 0.3) is 10.9 Å². The molecular formula is C15H14BrN3S. The van der Waals surface area contributed by atoms with Gasteiger partial charge < -0.3 is 5.32 Å². The third-order valence-electron chi connectivity index (χ3n) is 3.09. The van der Waals surface area contributed by atoms with Crippen molar-refractivity contribution in [3.05, 3.63) is 56.6 Å². The van der Waals surface area contributed by atoms with E-state index in [9.17, 15) is 0 Å². The first-order chi connectivity index (χ1) is 9.74. The quantitative estimate of drug-likeness (QED) is 0.773. The third-order valence-corrected chi connectivity index (χ3v) is 4.60. The molecule has 0 unspecified atom stereocenters. The van der Waals surface area contributed by atoms with Crippen LogP contribution in [0, 0.1) is 6.92 Å². The Morgan fingerprint density at radius 1 is 1.25 bits per heavy atom. The Bertz CT molecular complexity index is 739. The Morgan fingerprint density at radius 2 is 2.15 bits per heavy atom. The normalized spacial score (nSPS) is 11.1. The van der Waals surface area contributed by atoms with Crippen molar-refractivity contribution >= 4 is 38.2 Å². The number of fused-ring (bicyclic) bond motifs is 1. The van der Waals surface area contributed by atoms with E-state index in [0.717, 1.165) is 39.2 Å². The lowest BCUT2D eigenvalue weighted by atomic mass is 10.1. The Balaban J connectivity index is 1.76. The van der Waals surface area contributed by atoms with Crippen molar-refractivity contribution in [1.29, 1.82) is 0 Å². The molecule has 3 nitrogen and oxygen atoms in total. The summed E-state index contributed by atoms with van der Waals surface area (Å²) in [6.07, 6.45) is 1.84. The maximum Gasteiger partial charge on any atom is 0.0897 e. The fraction of sp³-hybridized carbons (Fsp3) is 0.200. The summed E-state index contributed by atoms with van der Waals surface area (Å²) < 4.78 is 1.08. The summed E-state index contributed by atoms with van der Waals surface area (Å²) in [6.45, 7) is 3.60. The molecule has 20 heavy (non-hydrogen) atoms. The van der Waals surface area contributed by atoms with Crippen LogP contribution in [0.2, 0.25) is 0 Å². The molecule has 0 bridgehead atoms. The molecule has 2 heterocycles. The van der Waals surface area contributed by atoms with Gasteiger partial charge in [-0.05, 0) is 24.6 Å². The van der Waals surface area contributed by atoms with Gasteiger partial charge in [0.2, 0.25) is 0 Å². The lowest BCUT2D eigenvalue weighted by molar-refractivity contribution is 0.684. The van der Waals surface area contributed by atoms with Crippen molar-refractivity contribution in [2.24, 2.45) is 0 Å². The smallest absolute Gasteiger partial charge is 0.0897 e. The lowest BCUT2D eigenvalue weighted by Gasteiger charge is -2.08. The Hall–Kier alpha value is -1.30. The van der Waals surface area contributed by atoms with Crippen LogP contribution in [0.3, 0.4) is 0 Å². The summed E-state index contributed by atoms with van der Waals surface area (Å²) in [5, 5.41) is 7.79. The number of benzene rings is 1. The number of halogens is 1. The number of pyridine rings is 1. The predicted molar refractivity (Wildman–Crippen MR) is 86.8 cm³/mol. The largest absolute Gasteiger partial charge is 0.307 e. The van der Waals surface area contributed by atoms with E-state index < -0.39 is 0 Å². The number of nitrogens with zero attached hydrogens (tertiary/aromatic N) is 2. The van der Waals surface area contributed by atoms with E-state index in [-0.39, 0.29) is 0 Å². The van der Waals surface area contributed by atoms with E-state index in [0.29, 0.717) is 0 Å². The van der Waals surface area contributed by atoms with E-state index >= 15 is 0 Å². The second kappa shape index (κ2) is 5.99. The second-order valence-corrected chi connectivity index (χ2v) is 6.48. The summed E-state index contributed by atoms with van der Waals surface area (Å²) in [5.41, 5.74) is 3.35. The highest BCUT2D eigenvalue weighted by Gasteiger charge is 2.05. The van der Waals surface area contributed by atoms with Gasteiger partial charge in [0.15, 0.2) is 0 Å². The van der Waals surface area contributed by atoms with Crippen LogP contribution in [0.1, 0.15) is 16.3 Å². The maximum atomic E-state index is 4.49. The summed E-state index contributed by atoms with van der Waals surface area (Å²) in [6, 6.07) is 8.23. The zero-order valence-corrected chi connectivity index (χ0v) is 13.5. The standard InChI is InChI=1S/C15H14BrN3S/c1-10-19-12(9-20-10)8-17-7-11-4-5-14(16)13-3-2-6-18-15(11)13/h2-6,9,17H,7-8H2,1H3. The van der Waals surface area contributed by atoms with Gasteiger partial charge in [-0.15, -0.1) is 11.3 Å². The molecule has 0 saturated heterocycles. The van der Waals surface area contributed by atoms with Crippen molar-refractivity contribution in [3.63, 3.8) is 0 Å². The van der Waals surface area contributed by atoms with Gasteiger partial charge in [-0.3, -0.25) is 4.98 Å². The van der Waals surface area contributed by atoms with Gasteiger partial charge >= 0.3 is 0 Å². The van der Waals surface area contributed by atoms with Gasteiger partial charge in [0.25, 0.3) is 0 Å². The van der Waals surface area contributed by atoms with Crippen molar-refractivity contribution in [2.45, 2.75) is 20.0 Å². The first kappa shape index (κ1) is 13.7. The van der Waals surface area contributed by atoms with Crippen LogP contribution in [0.15, 0.2) is 40.3 Å². The van der Waals surface area contributed by atoms with Gasteiger partial charge in [0.05, 0.1) is 16.2 Å². The number of hydrogen-bond donors (Lipinski definition) is 1. The van der Waals surface area contributed by atoms with Gasteiger partial charge in [0, 0.05) is 34.5 Å². The van der Waals surface area contributed by atoms with Crippen LogP contribution >= 0.6 is 27.3 Å². The molecule has 3 rings (SSSR count). The molecule has 0 atom stereocenters. The van der Waals surface area contributed by atoms with Crippen LogP contribution in [-0.4, -0.2) is 9.97 Å². The SMILES string of the molecule is Cc1nc(CNCc2ccc(Br)c3cccnc23)cs1. The topological polar surface area (TPSA) is 37.8 Å². The van der Waals surface area contributed by atoms with Crippen molar-refractivity contribution in [1.82, 2.24) is 15.3 Å². The second-order valence-electron chi connectivity index (χ2n) is 4.57. The van der Waals surface area contributed by atoms with Crippen molar-refractivity contribution in [3.8, 4) is 0 Å². The number of aryl methyl sites for hydroxylation is 1. The molecular weight excluding hydrogens is 334 g/mol.